The monoisotopic (exact) mass is 464 g/mol. The van der Waals surface area contributed by atoms with Gasteiger partial charge in [-0.3, -0.25) is 0 Å². The predicted molar refractivity (Wildman–Crippen MR) is 128 cm³/mol. The zero-order valence-corrected chi connectivity index (χ0v) is 19.3. The highest BCUT2D eigenvalue weighted by atomic mass is 32.1. The highest BCUT2D eigenvalue weighted by molar-refractivity contribution is 7.18. The Kier molecular flexibility index (Phi) is 8.05. The van der Waals surface area contributed by atoms with E-state index in [1.165, 1.54) is 0 Å². The van der Waals surface area contributed by atoms with Crippen molar-refractivity contribution in [3.63, 3.8) is 0 Å². The molecule has 0 amide bonds. The summed E-state index contributed by atoms with van der Waals surface area (Å²) < 4.78 is 20.7. The Morgan fingerprint density at radius 3 is 1.36 bits per heavy atom. The van der Waals surface area contributed by atoms with Gasteiger partial charge in [0.2, 0.25) is 13.6 Å². The Bertz CT molecular complexity index is 1050. The Morgan fingerprint density at radius 1 is 0.667 bits per heavy atom. The first kappa shape index (κ1) is 23.8. The molecule has 0 unspecified atom stereocenters. The van der Waals surface area contributed by atoms with E-state index in [1.807, 2.05) is 48.5 Å². The van der Waals surface area contributed by atoms with Gasteiger partial charge < -0.3 is 18.9 Å². The molecule has 170 valence electrons. The van der Waals surface area contributed by atoms with Gasteiger partial charge in [-0.05, 0) is 85.6 Å². The quantitative estimate of drug-likeness (QED) is 0.208. The topological polar surface area (TPSA) is 71.1 Å². The van der Waals surface area contributed by atoms with Gasteiger partial charge in [-0.15, -0.1) is 11.3 Å². The molecule has 1 aromatic heterocycles. The maximum absolute atomic E-state index is 11.4. The zero-order chi connectivity index (χ0) is 23.8. The second-order valence-corrected chi connectivity index (χ2v) is 8.25. The Balaban J connectivity index is 1.56. The van der Waals surface area contributed by atoms with Crippen molar-refractivity contribution >= 4 is 23.3 Å². The van der Waals surface area contributed by atoms with Gasteiger partial charge in [0, 0.05) is 20.9 Å². The van der Waals surface area contributed by atoms with Gasteiger partial charge in [0.1, 0.15) is 11.5 Å². The summed E-state index contributed by atoms with van der Waals surface area (Å²) >= 11 is 1.66. The summed E-state index contributed by atoms with van der Waals surface area (Å²) in [5.74, 6) is 0.246. The predicted octanol–water partition coefficient (Wildman–Crippen LogP) is 5.99. The van der Waals surface area contributed by atoms with E-state index in [0.717, 1.165) is 20.9 Å². The molecular weight excluding hydrogens is 440 g/mol. The standard InChI is InChI=1S/C26H24O6S/c1-17(2)25(27)31-15-29-21-9-5-19(6-10-21)23-13-14-24(33-23)20-7-11-22(12-8-20)30-16-32-26(28)18(3)4/h5-14H,1,3,15-16H2,2,4H3. The minimum atomic E-state index is -0.483. The summed E-state index contributed by atoms with van der Waals surface area (Å²) in [5, 5.41) is 0. The van der Waals surface area contributed by atoms with Crippen LogP contribution in [0.1, 0.15) is 13.8 Å². The van der Waals surface area contributed by atoms with Crippen molar-refractivity contribution in [1.82, 2.24) is 0 Å². The van der Waals surface area contributed by atoms with E-state index in [-0.39, 0.29) is 13.6 Å². The van der Waals surface area contributed by atoms with Gasteiger partial charge in [-0.25, -0.2) is 9.59 Å². The van der Waals surface area contributed by atoms with Crippen LogP contribution in [0.2, 0.25) is 0 Å². The third-order valence-electron chi connectivity index (χ3n) is 4.41. The first-order valence-electron chi connectivity index (χ1n) is 10.0. The highest BCUT2D eigenvalue weighted by Crippen LogP contribution is 2.35. The number of hydrogen-bond acceptors (Lipinski definition) is 7. The maximum Gasteiger partial charge on any atom is 0.335 e. The lowest BCUT2D eigenvalue weighted by molar-refractivity contribution is -0.146. The molecule has 0 aliphatic rings. The Morgan fingerprint density at radius 2 is 1.03 bits per heavy atom. The number of benzene rings is 2. The molecule has 0 spiro atoms. The molecule has 0 bridgehead atoms. The summed E-state index contributed by atoms with van der Waals surface area (Å²) in [7, 11) is 0. The molecule has 0 N–H and O–H groups in total. The molecule has 33 heavy (non-hydrogen) atoms. The van der Waals surface area contributed by atoms with Gasteiger partial charge in [-0.2, -0.15) is 0 Å². The van der Waals surface area contributed by atoms with Crippen LogP contribution in [0.5, 0.6) is 11.5 Å². The molecule has 0 aliphatic carbocycles. The molecule has 3 aromatic rings. The fraction of sp³-hybridized carbons (Fsp3) is 0.154. The summed E-state index contributed by atoms with van der Waals surface area (Å²) in [6, 6.07) is 19.3. The minimum absolute atomic E-state index is 0.162. The van der Waals surface area contributed by atoms with Crippen molar-refractivity contribution in [3.05, 3.63) is 85.0 Å². The molecule has 1 heterocycles. The van der Waals surface area contributed by atoms with Crippen LogP contribution in [0.4, 0.5) is 0 Å². The molecule has 0 radical (unpaired) electrons. The van der Waals surface area contributed by atoms with Crippen LogP contribution in [-0.2, 0) is 19.1 Å². The van der Waals surface area contributed by atoms with Gasteiger partial charge >= 0.3 is 11.9 Å². The SMILES string of the molecule is C=C(C)C(=O)OCOc1ccc(-c2ccc(-c3ccc(OCOC(=O)C(=C)C)cc3)s2)cc1. The number of rotatable bonds is 10. The van der Waals surface area contributed by atoms with Crippen LogP contribution in [0.3, 0.4) is 0 Å². The van der Waals surface area contributed by atoms with Crippen LogP contribution in [-0.4, -0.2) is 25.5 Å². The van der Waals surface area contributed by atoms with Crippen LogP contribution >= 0.6 is 11.3 Å². The Labute approximate surface area is 196 Å². The second kappa shape index (κ2) is 11.2. The van der Waals surface area contributed by atoms with Crippen LogP contribution in [0.25, 0.3) is 20.9 Å². The molecule has 0 fully saturated rings. The van der Waals surface area contributed by atoms with E-state index >= 15 is 0 Å². The van der Waals surface area contributed by atoms with Crippen molar-refractivity contribution in [2.24, 2.45) is 0 Å². The van der Waals surface area contributed by atoms with E-state index in [1.54, 1.807) is 25.2 Å². The van der Waals surface area contributed by atoms with Gasteiger partial charge in [0.05, 0.1) is 0 Å². The van der Waals surface area contributed by atoms with E-state index < -0.39 is 11.9 Å². The average molecular weight is 465 g/mol. The van der Waals surface area contributed by atoms with E-state index in [4.69, 9.17) is 18.9 Å². The van der Waals surface area contributed by atoms with Crippen molar-refractivity contribution < 1.29 is 28.5 Å². The largest absolute Gasteiger partial charge is 0.457 e. The minimum Gasteiger partial charge on any atom is -0.457 e. The van der Waals surface area contributed by atoms with Crippen molar-refractivity contribution in [2.45, 2.75) is 13.8 Å². The highest BCUT2D eigenvalue weighted by Gasteiger charge is 2.08. The van der Waals surface area contributed by atoms with Crippen LogP contribution in [0.15, 0.2) is 85.0 Å². The molecular formula is C26H24O6S. The van der Waals surface area contributed by atoms with E-state index in [0.29, 0.717) is 22.6 Å². The van der Waals surface area contributed by atoms with Crippen molar-refractivity contribution in [3.8, 4) is 32.4 Å². The van der Waals surface area contributed by atoms with Gasteiger partial charge in [0.25, 0.3) is 0 Å². The Hall–Kier alpha value is -3.84. The number of thiophene rings is 1. The lowest BCUT2D eigenvalue weighted by Crippen LogP contribution is -2.10. The number of carbonyl (C=O) groups is 2. The lowest BCUT2D eigenvalue weighted by Gasteiger charge is -2.08. The first-order chi connectivity index (χ1) is 15.8. The third-order valence-corrected chi connectivity index (χ3v) is 5.60. The number of hydrogen-bond donors (Lipinski definition) is 0. The first-order valence-corrected chi connectivity index (χ1v) is 10.9. The normalized spacial score (nSPS) is 10.2. The zero-order valence-electron chi connectivity index (χ0n) is 18.5. The van der Waals surface area contributed by atoms with Gasteiger partial charge in [0.15, 0.2) is 0 Å². The average Bonchev–Trinajstić information content (AvgIpc) is 3.30. The van der Waals surface area contributed by atoms with Gasteiger partial charge in [-0.1, -0.05) is 13.2 Å². The fourth-order valence-corrected chi connectivity index (χ4v) is 3.64. The molecule has 2 aromatic carbocycles. The summed E-state index contributed by atoms with van der Waals surface area (Å²) in [6.45, 7) is 9.89. The molecule has 6 nitrogen and oxygen atoms in total. The van der Waals surface area contributed by atoms with E-state index in [2.05, 4.69) is 25.3 Å². The summed E-state index contributed by atoms with van der Waals surface area (Å²) in [5.41, 5.74) is 2.76. The fourth-order valence-electron chi connectivity index (χ4n) is 2.63. The molecule has 3 rings (SSSR count). The number of esters is 2. The number of ether oxygens (including phenoxy) is 4. The lowest BCUT2D eigenvalue weighted by atomic mass is 10.1. The maximum atomic E-state index is 11.4. The smallest absolute Gasteiger partial charge is 0.335 e. The molecule has 0 saturated heterocycles. The summed E-state index contributed by atoms with van der Waals surface area (Å²) in [6.07, 6.45) is 0. The van der Waals surface area contributed by atoms with Crippen LogP contribution in [0, 0.1) is 0 Å². The third kappa shape index (κ3) is 6.82. The van der Waals surface area contributed by atoms with Crippen LogP contribution < -0.4 is 9.47 Å². The molecule has 0 aliphatic heterocycles. The van der Waals surface area contributed by atoms with Crippen molar-refractivity contribution in [1.29, 1.82) is 0 Å². The number of carbonyl (C=O) groups excluding carboxylic acids is 2. The summed E-state index contributed by atoms with van der Waals surface area (Å²) in [4.78, 5) is 25.0. The second-order valence-electron chi connectivity index (χ2n) is 7.16. The van der Waals surface area contributed by atoms with Crippen molar-refractivity contribution in [2.75, 3.05) is 13.6 Å². The van der Waals surface area contributed by atoms with E-state index in [9.17, 15) is 9.59 Å². The molecule has 0 atom stereocenters. The molecule has 0 saturated carbocycles. The molecule has 7 heteroatoms.